The summed E-state index contributed by atoms with van der Waals surface area (Å²) in [5.74, 6) is -0.339. The van der Waals surface area contributed by atoms with Gasteiger partial charge in [0.05, 0.1) is 11.3 Å². The van der Waals surface area contributed by atoms with E-state index in [0.717, 1.165) is 17.2 Å². The van der Waals surface area contributed by atoms with Gasteiger partial charge in [0.2, 0.25) is 17.6 Å². The zero-order valence-corrected chi connectivity index (χ0v) is 13.7. The van der Waals surface area contributed by atoms with Crippen molar-refractivity contribution >= 4 is 11.6 Å². The van der Waals surface area contributed by atoms with Gasteiger partial charge < -0.3 is 9.84 Å². The summed E-state index contributed by atoms with van der Waals surface area (Å²) in [6.07, 6.45) is -4.89. The van der Waals surface area contributed by atoms with Gasteiger partial charge >= 0.3 is 6.18 Å². The molecule has 26 heavy (non-hydrogen) atoms. The minimum Gasteiger partial charge on any atom is -0.338 e. The van der Waals surface area contributed by atoms with Crippen LogP contribution in [0.3, 0.4) is 0 Å². The van der Waals surface area contributed by atoms with Crippen LogP contribution in [0.2, 0.25) is 0 Å². The van der Waals surface area contributed by atoms with E-state index in [1.807, 2.05) is 31.2 Å². The molecule has 1 N–H and O–H groups in total. The molecule has 0 fully saturated rings. The Kier molecular flexibility index (Phi) is 4.75. The van der Waals surface area contributed by atoms with E-state index in [-0.39, 0.29) is 18.0 Å². The molecule has 0 aliphatic heterocycles. The van der Waals surface area contributed by atoms with Gasteiger partial charge in [-0.15, -0.1) is 0 Å². The van der Waals surface area contributed by atoms with E-state index in [9.17, 15) is 18.0 Å². The molecule has 0 spiro atoms. The Morgan fingerprint density at radius 1 is 1.12 bits per heavy atom. The fraction of sp³-hybridized carbons (Fsp3) is 0.167. The van der Waals surface area contributed by atoms with Crippen molar-refractivity contribution < 1.29 is 22.5 Å². The lowest BCUT2D eigenvalue weighted by Gasteiger charge is -2.12. The third-order valence-electron chi connectivity index (χ3n) is 3.67. The second kappa shape index (κ2) is 6.99. The topological polar surface area (TPSA) is 68.0 Å². The van der Waals surface area contributed by atoms with Crippen molar-refractivity contribution in [1.29, 1.82) is 0 Å². The molecule has 5 nitrogen and oxygen atoms in total. The summed E-state index contributed by atoms with van der Waals surface area (Å²) in [7, 11) is 0. The number of benzene rings is 2. The predicted octanol–water partition coefficient (Wildman–Crippen LogP) is 4.25. The van der Waals surface area contributed by atoms with Crippen LogP contribution in [0.5, 0.6) is 0 Å². The second-order valence-corrected chi connectivity index (χ2v) is 5.59. The number of aryl methyl sites for hydroxylation is 1. The second-order valence-electron chi connectivity index (χ2n) is 5.59. The Balaban J connectivity index is 1.74. The van der Waals surface area contributed by atoms with E-state index in [2.05, 4.69) is 15.5 Å². The molecule has 1 amide bonds. The molecule has 3 aromatic rings. The van der Waals surface area contributed by atoms with Gasteiger partial charge in [0, 0.05) is 5.56 Å². The summed E-state index contributed by atoms with van der Waals surface area (Å²) < 4.78 is 43.9. The number of aromatic nitrogens is 2. The van der Waals surface area contributed by atoms with Crippen molar-refractivity contribution in [1.82, 2.24) is 10.1 Å². The minimum absolute atomic E-state index is 0.0187. The van der Waals surface area contributed by atoms with E-state index in [1.165, 1.54) is 18.2 Å². The Hall–Kier alpha value is -3.16. The van der Waals surface area contributed by atoms with Gasteiger partial charge in [0.1, 0.15) is 6.42 Å². The third-order valence-corrected chi connectivity index (χ3v) is 3.67. The molecule has 0 aliphatic rings. The van der Waals surface area contributed by atoms with Gasteiger partial charge in [-0.1, -0.05) is 41.6 Å². The van der Waals surface area contributed by atoms with Crippen molar-refractivity contribution in [2.75, 3.05) is 5.32 Å². The van der Waals surface area contributed by atoms with E-state index >= 15 is 0 Å². The summed E-state index contributed by atoms with van der Waals surface area (Å²) in [6, 6.07) is 12.1. The average Bonchev–Trinajstić information content (AvgIpc) is 3.03. The molecule has 1 aromatic heterocycles. The number of hydrogen-bond donors (Lipinski definition) is 1. The van der Waals surface area contributed by atoms with Crippen molar-refractivity contribution in [2.45, 2.75) is 19.5 Å². The Morgan fingerprint density at radius 3 is 2.54 bits per heavy atom. The number of hydrogen-bond acceptors (Lipinski definition) is 4. The lowest BCUT2D eigenvalue weighted by molar-refractivity contribution is -0.137. The van der Waals surface area contributed by atoms with Gasteiger partial charge in [-0.25, -0.2) is 0 Å². The lowest BCUT2D eigenvalue weighted by Crippen LogP contribution is -2.18. The zero-order chi connectivity index (χ0) is 18.7. The number of anilines is 1. The molecule has 3 rings (SSSR count). The highest BCUT2D eigenvalue weighted by atomic mass is 19.4. The average molecular weight is 361 g/mol. The number of nitrogens with zero attached hydrogens (tertiary/aromatic N) is 2. The molecule has 134 valence electrons. The van der Waals surface area contributed by atoms with Gasteiger partial charge in [0.25, 0.3) is 0 Å². The number of nitrogens with one attached hydrogen (secondary N) is 1. The summed E-state index contributed by atoms with van der Waals surface area (Å²) in [5.41, 5.74) is 0.455. The number of rotatable bonds is 4. The van der Waals surface area contributed by atoms with Crippen molar-refractivity contribution in [3.8, 4) is 11.4 Å². The van der Waals surface area contributed by atoms with Crippen LogP contribution in [0.15, 0.2) is 53.1 Å². The third kappa shape index (κ3) is 3.90. The molecule has 0 radical (unpaired) electrons. The predicted molar refractivity (Wildman–Crippen MR) is 88.2 cm³/mol. The SMILES string of the molecule is Cc1ccccc1-c1noc(CC(=O)Nc2ccccc2C(F)(F)F)n1. The minimum atomic E-state index is -4.56. The quantitative estimate of drug-likeness (QED) is 0.755. The maximum atomic E-state index is 13.0. The molecule has 0 unspecified atom stereocenters. The van der Waals surface area contributed by atoms with E-state index < -0.39 is 17.6 Å². The Labute approximate surface area is 146 Å². The van der Waals surface area contributed by atoms with Crippen LogP contribution >= 0.6 is 0 Å². The first-order chi connectivity index (χ1) is 12.3. The largest absolute Gasteiger partial charge is 0.418 e. The standard InChI is InChI=1S/C18H14F3N3O2/c1-11-6-2-3-7-12(11)17-23-16(26-24-17)10-15(25)22-14-9-5-4-8-13(14)18(19,20)21/h2-9H,10H2,1H3,(H,22,25). The molecule has 1 heterocycles. The number of carbonyl (C=O) groups is 1. The van der Waals surface area contributed by atoms with Crippen molar-refractivity contribution in [3.63, 3.8) is 0 Å². The lowest BCUT2D eigenvalue weighted by atomic mass is 10.1. The molecule has 0 saturated carbocycles. The first-order valence-corrected chi connectivity index (χ1v) is 7.69. The number of carbonyl (C=O) groups excluding carboxylic acids is 1. The maximum absolute atomic E-state index is 13.0. The summed E-state index contributed by atoms with van der Waals surface area (Å²) >= 11 is 0. The molecule has 8 heteroatoms. The van der Waals surface area contributed by atoms with Crippen LogP contribution in [-0.4, -0.2) is 16.0 Å². The first-order valence-electron chi connectivity index (χ1n) is 7.69. The fourth-order valence-electron chi connectivity index (χ4n) is 2.43. The van der Waals surface area contributed by atoms with Crippen LogP contribution in [0.1, 0.15) is 17.0 Å². The van der Waals surface area contributed by atoms with Crippen molar-refractivity contribution in [2.24, 2.45) is 0 Å². The van der Waals surface area contributed by atoms with Crippen LogP contribution < -0.4 is 5.32 Å². The van der Waals surface area contributed by atoms with Crippen molar-refractivity contribution in [3.05, 3.63) is 65.5 Å². The van der Waals surface area contributed by atoms with E-state index in [1.54, 1.807) is 0 Å². The number of para-hydroxylation sites is 1. The van der Waals surface area contributed by atoms with E-state index in [0.29, 0.717) is 5.82 Å². The maximum Gasteiger partial charge on any atom is 0.418 e. The van der Waals surface area contributed by atoms with E-state index in [4.69, 9.17) is 4.52 Å². The van der Waals surface area contributed by atoms with Gasteiger partial charge in [0.15, 0.2) is 0 Å². The smallest absolute Gasteiger partial charge is 0.338 e. The number of amides is 1. The molecule has 0 saturated heterocycles. The molecule has 2 aromatic carbocycles. The highest BCUT2D eigenvalue weighted by Gasteiger charge is 2.33. The molecule has 0 aliphatic carbocycles. The Morgan fingerprint density at radius 2 is 1.81 bits per heavy atom. The molecular weight excluding hydrogens is 347 g/mol. The molecule has 0 bridgehead atoms. The van der Waals surface area contributed by atoms with Gasteiger partial charge in [-0.3, -0.25) is 4.79 Å². The van der Waals surface area contributed by atoms with Crippen LogP contribution in [0, 0.1) is 6.92 Å². The highest BCUT2D eigenvalue weighted by molar-refractivity contribution is 5.92. The fourth-order valence-corrected chi connectivity index (χ4v) is 2.43. The number of alkyl halides is 3. The first kappa shape index (κ1) is 17.7. The van der Waals surface area contributed by atoms with Crippen LogP contribution in [-0.2, 0) is 17.4 Å². The normalized spacial score (nSPS) is 11.4. The van der Waals surface area contributed by atoms with Gasteiger partial charge in [-0.2, -0.15) is 18.2 Å². The molecular formula is C18H14F3N3O2. The summed E-state index contributed by atoms with van der Waals surface area (Å²) in [4.78, 5) is 16.2. The van der Waals surface area contributed by atoms with Crippen LogP contribution in [0.4, 0.5) is 18.9 Å². The summed E-state index contributed by atoms with van der Waals surface area (Å²) in [6.45, 7) is 1.88. The monoisotopic (exact) mass is 361 g/mol. The van der Waals surface area contributed by atoms with Crippen LogP contribution in [0.25, 0.3) is 11.4 Å². The summed E-state index contributed by atoms with van der Waals surface area (Å²) in [5, 5.41) is 6.06. The van der Waals surface area contributed by atoms with Gasteiger partial charge in [-0.05, 0) is 24.6 Å². The zero-order valence-electron chi connectivity index (χ0n) is 13.7. The Bertz CT molecular complexity index is 935. The highest BCUT2D eigenvalue weighted by Crippen LogP contribution is 2.34. The molecule has 0 atom stereocenters. The number of halogens is 3.